The summed E-state index contributed by atoms with van der Waals surface area (Å²) in [6.07, 6.45) is 1.55. The molecule has 0 aromatic carbocycles. The van der Waals surface area contributed by atoms with Gasteiger partial charge in [-0.05, 0) is 0 Å². The average Bonchev–Trinajstić information content (AvgIpc) is 2.49. The Kier molecular flexibility index (Phi) is 1.58. The molecule has 1 aliphatic heterocycles. The third-order valence-corrected chi connectivity index (χ3v) is 1.95. The Morgan fingerprint density at radius 3 is 3.42 bits per heavy atom. The highest BCUT2D eigenvalue weighted by Crippen LogP contribution is 2.23. The van der Waals surface area contributed by atoms with Crippen LogP contribution in [0.1, 0.15) is 17.2 Å². The topological polar surface area (TPSA) is 75.4 Å². The summed E-state index contributed by atoms with van der Waals surface area (Å²) in [5.41, 5.74) is 0.841. The molecule has 12 heavy (non-hydrogen) atoms. The summed E-state index contributed by atoms with van der Waals surface area (Å²) in [7, 11) is 0. The minimum atomic E-state index is -0.875. The highest BCUT2D eigenvalue weighted by atomic mass is 16.5. The van der Waals surface area contributed by atoms with Gasteiger partial charge in [-0.1, -0.05) is 5.16 Å². The van der Waals surface area contributed by atoms with Crippen molar-refractivity contribution in [1.82, 2.24) is 10.5 Å². The number of aromatic nitrogens is 1. The number of hydrogen-bond acceptors (Lipinski definition) is 4. The van der Waals surface area contributed by atoms with Crippen LogP contribution in [0.3, 0.4) is 0 Å². The molecule has 2 N–H and O–H groups in total. The summed E-state index contributed by atoms with van der Waals surface area (Å²) in [5.74, 6) is -0.974. The van der Waals surface area contributed by atoms with E-state index in [1.54, 1.807) is 6.20 Å². The van der Waals surface area contributed by atoms with Crippen LogP contribution in [-0.2, 0) is 11.3 Å². The second-order valence-electron chi connectivity index (χ2n) is 2.74. The molecule has 5 nitrogen and oxygen atoms in total. The monoisotopic (exact) mass is 168 g/mol. The molecule has 0 fully saturated rings. The Labute approximate surface area is 68.4 Å². The SMILES string of the molecule is O=C(O)C1CNCc2cnoc21. The summed E-state index contributed by atoms with van der Waals surface area (Å²) in [5, 5.41) is 15.3. The molecule has 1 unspecified atom stereocenters. The van der Waals surface area contributed by atoms with Gasteiger partial charge < -0.3 is 14.9 Å². The van der Waals surface area contributed by atoms with E-state index in [1.165, 1.54) is 0 Å². The Hall–Kier alpha value is -1.36. The van der Waals surface area contributed by atoms with Gasteiger partial charge in [0.15, 0.2) is 5.76 Å². The van der Waals surface area contributed by atoms with E-state index >= 15 is 0 Å². The Balaban J connectivity index is 2.37. The molecule has 0 amide bonds. The first kappa shape index (κ1) is 7.30. The maximum Gasteiger partial charge on any atom is 0.315 e. The lowest BCUT2D eigenvalue weighted by Gasteiger charge is -2.16. The zero-order chi connectivity index (χ0) is 8.55. The maximum absolute atomic E-state index is 10.7. The van der Waals surface area contributed by atoms with Gasteiger partial charge in [-0.15, -0.1) is 0 Å². The predicted octanol–water partition coefficient (Wildman–Crippen LogP) is -0.0540. The number of fused-ring (bicyclic) bond motifs is 1. The van der Waals surface area contributed by atoms with Crippen LogP contribution in [0.4, 0.5) is 0 Å². The molecule has 64 valence electrons. The van der Waals surface area contributed by atoms with Gasteiger partial charge >= 0.3 is 5.97 Å². The molecule has 0 saturated heterocycles. The highest BCUT2D eigenvalue weighted by molar-refractivity contribution is 5.76. The van der Waals surface area contributed by atoms with Gasteiger partial charge in [0, 0.05) is 18.7 Å². The van der Waals surface area contributed by atoms with E-state index in [0.29, 0.717) is 18.8 Å². The number of carbonyl (C=O) groups is 1. The van der Waals surface area contributed by atoms with Crippen molar-refractivity contribution in [3.8, 4) is 0 Å². The Morgan fingerprint density at radius 1 is 1.83 bits per heavy atom. The maximum atomic E-state index is 10.7. The van der Waals surface area contributed by atoms with Crippen LogP contribution < -0.4 is 5.32 Å². The van der Waals surface area contributed by atoms with Gasteiger partial charge in [0.05, 0.1) is 6.20 Å². The number of aliphatic carboxylic acids is 1. The van der Waals surface area contributed by atoms with E-state index in [2.05, 4.69) is 10.5 Å². The standard InChI is InChI=1S/C7H8N2O3/c10-7(11)5-3-8-1-4-2-9-12-6(4)5/h2,5,8H,1,3H2,(H,10,11). The van der Waals surface area contributed by atoms with Crippen molar-refractivity contribution in [3.63, 3.8) is 0 Å². The van der Waals surface area contributed by atoms with Crippen LogP contribution >= 0.6 is 0 Å². The number of hydrogen-bond donors (Lipinski definition) is 2. The van der Waals surface area contributed by atoms with Gasteiger partial charge in [0.2, 0.25) is 0 Å². The van der Waals surface area contributed by atoms with Crippen molar-refractivity contribution in [2.45, 2.75) is 12.5 Å². The smallest absolute Gasteiger partial charge is 0.315 e. The van der Waals surface area contributed by atoms with Gasteiger partial charge in [-0.25, -0.2) is 0 Å². The third-order valence-electron chi connectivity index (χ3n) is 1.95. The first-order valence-electron chi connectivity index (χ1n) is 3.66. The molecule has 1 aromatic heterocycles. The first-order valence-corrected chi connectivity index (χ1v) is 3.66. The molecule has 5 heteroatoms. The molecule has 1 atom stereocenters. The molecule has 1 aliphatic rings. The third kappa shape index (κ3) is 0.984. The summed E-state index contributed by atoms with van der Waals surface area (Å²) in [6, 6.07) is 0. The number of nitrogens with one attached hydrogen (secondary N) is 1. The molecule has 0 spiro atoms. The van der Waals surface area contributed by atoms with Gasteiger partial charge in [-0.3, -0.25) is 4.79 Å². The van der Waals surface area contributed by atoms with Crippen LogP contribution in [0, 0.1) is 0 Å². The lowest BCUT2D eigenvalue weighted by Crippen LogP contribution is -2.31. The van der Waals surface area contributed by atoms with Gasteiger partial charge in [0.25, 0.3) is 0 Å². The molecule has 2 rings (SSSR count). The number of carboxylic acids is 1. The van der Waals surface area contributed by atoms with Gasteiger partial charge in [-0.2, -0.15) is 0 Å². The largest absolute Gasteiger partial charge is 0.481 e. The molecule has 2 heterocycles. The zero-order valence-corrected chi connectivity index (χ0v) is 6.28. The summed E-state index contributed by atoms with van der Waals surface area (Å²) >= 11 is 0. The summed E-state index contributed by atoms with van der Waals surface area (Å²) < 4.78 is 4.86. The van der Waals surface area contributed by atoms with Crippen LogP contribution in [-0.4, -0.2) is 22.8 Å². The Morgan fingerprint density at radius 2 is 2.67 bits per heavy atom. The van der Waals surface area contributed by atoms with E-state index in [0.717, 1.165) is 5.56 Å². The molecule has 0 radical (unpaired) electrons. The molecular weight excluding hydrogens is 160 g/mol. The zero-order valence-electron chi connectivity index (χ0n) is 6.28. The first-order chi connectivity index (χ1) is 5.79. The van der Waals surface area contributed by atoms with Crippen molar-refractivity contribution in [3.05, 3.63) is 17.5 Å². The number of rotatable bonds is 1. The predicted molar refractivity (Wildman–Crippen MR) is 38.6 cm³/mol. The highest BCUT2D eigenvalue weighted by Gasteiger charge is 2.29. The fourth-order valence-corrected chi connectivity index (χ4v) is 1.33. The van der Waals surface area contributed by atoms with E-state index in [-0.39, 0.29) is 0 Å². The van der Waals surface area contributed by atoms with Crippen LogP contribution in [0.2, 0.25) is 0 Å². The lowest BCUT2D eigenvalue weighted by atomic mass is 10.00. The average molecular weight is 168 g/mol. The molecular formula is C7H8N2O3. The Bertz CT molecular complexity index is 307. The fourth-order valence-electron chi connectivity index (χ4n) is 1.33. The normalized spacial score (nSPS) is 21.8. The molecule has 0 saturated carbocycles. The molecule has 0 bridgehead atoms. The van der Waals surface area contributed by atoms with Crippen molar-refractivity contribution in [2.24, 2.45) is 0 Å². The molecule has 1 aromatic rings. The summed E-state index contributed by atoms with van der Waals surface area (Å²) in [4.78, 5) is 10.7. The van der Waals surface area contributed by atoms with Crippen LogP contribution in [0.15, 0.2) is 10.7 Å². The number of carboxylic acid groups (broad SMARTS) is 1. The van der Waals surface area contributed by atoms with E-state index in [9.17, 15) is 4.79 Å². The van der Waals surface area contributed by atoms with Gasteiger partial charge in [0.1, 0.15) is 5.92 Å². The van der Waals surface area contributed by atoms with Crippen LogP contribution in [0.5, 0.6) is 0 Å². The minimum Gasteiger partial charge on any atom is -0.481 e. The minimum absolute atomic E-state index is 0.414. The van der Waals surface area contributed by atoms with E-state index in [4.69, 9.17) is 9.63 Å². The fraction of sp³-hybridized carbons (Fsp3) is 0.429. The second kappa shape index (κ2) is 2.60. The van der Waals surface area contributed by atoms with Crippen molar-refractivity contribution in [2.75, 3.05) is 6.54 Å². The quantitative estimate of drug-likeness (QED) is 0.614. The van der Waals surface area contributed by atoms with Crippen molar-refractivity contribution in [1.29, 1.82) is 0 Å². The second-order valence-corrected chi connectivity index (χ2v) is 2.74. The lowest BCUT2D eigenvalue weighted by molar-refractivity contribution is -0.139. The molecule has 0 aliphatic carbocycles. The van der Waals surface area contributed by atoms with E-state index in [1.807, 2.05) is 0 Å². The van der Waals surface area contributed by atoms with Crippen molar-refractivity contribution < 1.29 is 14.4 Å². The summed E-state index contributed by atoms with van der Waals surface area (Å²) in [6.45, 7) is 1.06. The van der Waals surface area contributed by atoms with Crippen LogP contribution in [0.25, 0.3) is 0 Å². The van der Waals surface area contributed by atoms with E-state index < -0.39 is 11.9 Å². The number of nitrogens with zero attached hydrogens (tertiary/aromatic N) is 1. The van der Waals surface area contributed by atoms with Crippen molar-refractivity contribution >= 4 is 5.97 Å².